The van der Waals surface area contributed by atoms with Crippen molar-refractivity contribution < 1.29 is 14.3 Å². The molecule has 0 unspecified atom stereocenters. The van der Waals surface area contributed by atoms with Crippen LogP contribution in [-0.4, -0.2) is 42.4 Å². The van der Waals surface area contributed by atoms with Gasteiger partial charge in [-0.1, -0.05) is 11.3 Å². The van der Waals surface area contributed by atoms with Crippen LogP contribution in [0.25, 0.3) is 10.2 Å². The average molecular weight is 331 g/mol. The Hall–Kier alpha value is -1.86. The Morgan fingerprint density at radius 2 is 2.35 bits per heavy atom. The molecule has 1 aromatic heterocycles. The lowest BCUT2D eigenvalue weighted by molar-refractivity contribution is 0.00885. The number of thiazole rings is 1. The fraction of sp³-hybridized carbons (Fsp3) is 0.500. The Bertz CT molecular complexity index is 805. The number of carbonyl (C=O) groups excluding carboxylic acids is 1. The number of hydrogen-bond acceptors (Lipinski definition) is 5. The highest BCUT2D eigenvalue weighted by molar-refractivity contribution is 7.22. The summed E-state index contributed by atoms with van der Waals surface area (Å²) in [5.41, 5.74) is 2.15. The topological polar surface area (TPSA) is 63.7 Å². The van der Waals surface area contributed by atoms with Gasteiger partial charge in [-0.3, -0.25) is 4.90 Å². The molecule has 5 rings (SSSR count). The molecule has 6 nitrogen and oxygen atoms in total. The molecule has 3 aliphatic rings. The zero-order valence-electron chi connectivity index (χ0n) is 12.7. The molecule has 1 aromatic carbocycles. The predicted octanol–water partition coefficient (Wildman–Crippen LogP) is 2.31. The van der Waals surface area contributed by atoms with E-state index >= 15 is 0 Å². The number of fused-ring (bicyclic) bond motifs is 4. The van der Waals surface area contributed by atoms with Crippen molar-refractivity contribution in [1.82, 2.24) is 10.3 Å². The highest BCUT2D eigenvalue weighted by Crippen LogP contribution is 2.39. The van der Waals surface area contributed by atoms with E-state index in [1.54, 1.807) is 11.3 Å². The Balaban J connectivity index is 1.58. The van der Waals surface area contributed by atoms with Crippen LogP contribution in [0.1, 0.15) is 18.9 Å². The monoisotopic (exact) mass is 331 g/mol. The summed E-state index contributed by atoms with van der Waals surface area (Å²) in [6, 6.07) is 4.16. The Kier molecular flexibility index (Phi) is 2.84. The molecule has 2 amide bonds. The fourth-order valence-electron chi connectivity index (χ4n) is 3.74. The third-order valence-electron chi connectivity index (χ3n) is 4.88. The second-order valence-electron chi connectivity index (χ2n) is 6.36. The summed E-state index contributed by atoms with van der Waals surface area (Å²) in [6.45, 7) is 3.34. The van der Waals surface area contributed by atoms with E-state index < -0.39 is 0 Å². The molecular formula is C16H17N3O3S. The molecule has 0 bridgehead atoms. The first kappa shape index (κ1) is 13.6. The molecule has 4 heterocycles. The summed E-state index contributed by atoms with van der Waals surface area (Å²) >= 11 is 1.58. The van der Waals surface area contributed by atoms with E-state index in [1.807, 2.05) is 17.0 Å². The van der Waals surface area contributed by atoms with Crippen LogP contribution in [0, 0.1) is 0 Å². The van der Waals surface area contributed by atoms with Gasteiger partial charge in [0.2, 0.25) is 0 Å². The third-order valence-corrected chi connectivity index (χ3v) is 5.90. The fourth-order valence-corrected chi connectivity index (χ4v) is 4.79. The van der Waals surface area contributed by atoms with Gasteiger partial charge in [-0.25, -0.2) is 9.78 Å². The van der Waals surface area contributed by atoms with Crippen molar-refractivity contribution in [2.24, 2.45) is 0 Å². The number of hydrogen-bond donors (Lipinski definition) is 1. The molecule has 2 saturated heterocycles. The molecule has 2 fully saturated rings. The van der Waals surface area contributed by atoms with Crippen molar-refractivity contribution in [2.45, 2.75) is 38.0 Å². The van der Waals surface area contributed by atoms with Crippen LogP contribution in [-0.2, 0) is 11.2 Å². The smallest absolute Gasteiger partial charge is 0.324 e. The maximum atomic E-state index is 12.5. The molecule has 7 heteroatoms. The molecule has 0 aliphatic carbocycles. The van der Waals surface area contributed by atoms with Crippen LogP contribution in [0.15, 0.2) is 12.1 Å². The van der Waals surface area contributed by atoms with Gasteiger partial charge in [0.05, 0.1) is 41.6 Å². The lowest BCUT2D eigenvalue weighted by Crippen LogP contribution is -2.46. The molecule has 3 atom stereocenters. The number of benzene rings is 1. The number of nitrogens with zero attached hydrogens (tertiary/aromatic N) is 2. The summed E-state index contributed by atoms with van der Waals surface area (Å²) in [4.78, 5) is 19.1. The zero-order valence-corrected chi connectivity index (χ0v) is 13.6. The molecule has 0 radical (unpaired) electrons. The summed E-state index contributed by atoms with van der Waals surface area (Å²) in [5.74, 6) is 0.929. The van der Waals surface area contributed by atoms with Gasteiger partial charge in [0.15, 0.2) is 5.13 Å². The van der Waals surface area contributed by atoms with Gasteiger partial charge in [-0.15, -0.1) is 0 Å². The summed E-state index contributed by atoms with van der Waals surface area (Å²) in [7, 11) is 0. The minimum Gasteiger partial charge on any atom is -0.493 e. The lowest BCUT2D eigenvalue weighted by Gasteiger charge is -2.32. The molecule has 120 valence electrons. The maximum absolute atomic E-state index is 12.5. The number of rotatable bonds is 1. The second-order valence-corrected chi connectivity index (χ2v) is 7.37. The summed E-state index contributed by atoms with van der Waals surface area (Å²) in [5, 5.41) is 3.80. The lowest BCUT2D eigenvalue weighted by atomic mass is 10.0. The van der Waals surface area contributed by atoms with E-state index in [-0.39, 0.29) is 24.2 Å². The minimum absolute atomic E-state index is 0.0553. The summed E-state index contributed by atoms with van der Waals surface area (Å²) < 4.78 is 12.4. The standard InChI is InChI=1S/C16H17N3O3S/c1-8-6-11-10(7-22-8)17-15(20)19(11)16-18-14-9-4-5-21-12(9)2-3-13(14)23-16/h2-3,8,10-11H,4-7H2,1H3,(H,17,20)/t8-,10-,11+/m0/s1. The molecule has 3 aliphatic heterocycles. The Labute approximate surface area is 137 Å². The van der Waals surface area contributed by atoms with E-state index in [0.717, 1.165) is 33.9 Å². The largest absolute Gasteiger partial charge is 0.493 e. The number of anilines is 1. The SMILES string of the molecule is C[C@H]1C[C@@H]2[C@H](CO1)NC(=O)N2c1nc2c3c(ccc2s1)OCC3. The zero-order chi connectivity index (χ0) is 15.6. The van der Waals surface area contributed by atoms with E-state index in [1.165, 1.54) is 5.56 Å². The van der Waals surface area contributed by atoms with Crippen molar-refractivity contribution >= 4 is 32.7 Å². The molecule has 1 N–H and O–H groups in total. The third kappa shape index (κ3) is 1.96. The number of urea groups is 1. The molecule has 2 aromatic rings. The van der Waals surface area contributed by atoms with Crippen LogP contribution >= 0.6 is 11.3 Å². The summed E-state index contributed by atoms with van der Waals surface area (Å²) in [6.07, 6.45) is 1.89. The number of amides is 2. The molecule has 23 heavy (non-hydrogen) atoms. The van der Waals surface area contributed by atoms with Gasteiger partial charge in [0.1, 0.15) is 5.75 Å². The first-order chi connectivity index (χ1) is 11.2. The van der Waals surface area contributed by atoms with Gasteiger partial charge in [-0.2, -0.15) is 0 Å². The van der Waals surface area contributed by atoms with Crippen LogP contribution < -0.4 is 15.0 Å². The van der Waals surface area contributed by atoms with E-state index in [2.05, 4.69) is 12.2 Å². The normalized spacial score (nSPS) is 29.3. The van der Waals surface area contributed by atoms with Crippen molar-refractivity contribution in [3.8, 4) is 5.75 Å². The maximum Gasteiger partial charge on any atom is 0.324 e. The molecule has 0 spiro atoms. The second kappa shape index (κ2) is 4.82. The van der Waals surface area contributed by atoms with Gasteiger partial charge < -0.3 is 14.8 Å². The Morgan fingerprint density at radius 1 is 1.43 bits per heavy atom. The minimum atomic E-state index is -0.0651. The van der Waals surface area contributed by atoms with Crippen molar-refractivity contribution in [2.75, 3.05) is 18.1 Å². The molecule has 0 saturated carbocycles. The van der Waals surface area contributed by atoms with Gasteiger partial charge in [0, 0.05) is 12.0 Å². The first-order valence-electron chi connectivity index (χ1n) is 7.97. The van der Waals surface area contributed by atoms with E-state index in [0.29, 0.717) is 13.2 Å². The highest BCUT2D eigenvalue weighted by atomic mass is 32.1. The van der Waals surface area contributed by atoms with E-state index in [4.69, 9.17) is 14.5 Å². The van der Waals surface area contributed by atoms with Crippen LogP contribution in [0.3, 0.4) is 0 Å². The van der Waals surface area contributed by atoms with Crippen LogP contribution in [0.5, 0.6) is 5.75 Å². The highest BCUT2D eigenvalue weighted by Gasteiger charge is 2.45. The van der Waals surface area contributed by atoms with Crippen molar-refractivity contribution in [1.29, 1.82) is 0 Å². The Morgan fingerprint density at radius 3 is 3.26 bits per heavy atom. The number of nitrogens with one attached hydrogen (secondary N) is 1. The number of aromatic nitrogens is 1. The van der Waals surface area contributed by atoms with Gasteiger partial charge >= 0.3 is 6.03 Å². The van der Waals surface area contributed by atoms with Crippen molar-refractivity contribution in [3.63, 3.8) is 0 Å². The van der Waals surface area contributed by atoms with Crippen LogP contribution in [0.4, 0.5) is 9.93 Å². The number of carbonyl (C=O) groups is 1. The average Bonchev–Trinajstić information content (AvgIpc) is 3.20. The van der Waals surface area contributed by atoms with Gasteiger partial charge in [-0.05, 0) is 25.5 Å². The quantitative estimate of drug-likeness (QED) is 0.871. The number of ether oxygens (including phenoxy) is 2. The first-order valence-corrected chi connectivity index (χ1v) is 8.79. The molecular weight excluding hydrogens is 314 g/mol. The van der Waals surface area contributed by atoms with Gasteiger partial charge in [0.25, 0.3) is 0 Å². The van der Waals surface area contributed by atoms with E-state index in [9.17, 15) is 4.79 Å². The van der Waals surface area contributed by atoms with Crippen molar-refractivity contribution in [3.05, 3.63) is 17.7 Å². The van der Waals surface area contributed by atoms with Crippen LogP contribution in [0.2, 0.25) is 0 Å². The predicted molar refractivity (Wildman–Crippen MR) is 87.4 cm³/mol.